The topological polar surface area (TPSA) is 44.9 Å². The fraction of sp³-hybridized carbons (Fsp3) is 0.0698. The Hall–Kier alpha value is -6.20. The van der Waals surface area contributed by atoms with Crippen LogP contribution in [0.1, 0.15) is 25.1 Å². The van der Waals surface area contributed by atoms with Crippen LogP contribution in [0, 0.1) is 0 Å². The predicted molar refractivity (Wildman–Crippen MR) is 195 cm³/mol. The summed E-state index contributed by atoms with van der Waals surface area (Å²) < 4.78 is 11.5. The molecule has 0 amide bonds. The number of hydrogen-bond acceptors (Lipinski definition) is 3. The van der Waals surface area contributed by atoms with Gasteiger partial charge in [-0.2, -0.15) is 0 Å². The minimum absolute atomic E-state index is 0.345. The molecule has 9 aromatic rings. The Bertz CT molecular complexity index is 2720. The molecule has 0 atom stereocenters. The highest BCUT2D eigenvalue weighted by Crippen LogP contribution is 2.54. The van der Waals surface area contributed by atoms with E-state index in [0.29, 0.717) is 5.95 Å². The zero-order chi connectivity index (χ0) is 32.0. The number of benzene rings is 6. The van der Waals surface area contributed by atoms with E-state index in [-0.39, 0.29) is 5.41 Å². The summed E-state index contributed by atoms with van der Waals surface area (Å²) in [5.74, 6) is 2.42. The maximum absolute atomic E-state index is 6.87. The van der Waals surface area contributed by atoms with Gasteiger partial charge in [-0.1, -0.05) is 109 Å². The van der Waals surface area contributed by atoms with Gasteiger partial charge in [0.15, 0.2) is 5.75 Å². The van der Waals surface area contributed by atoms with E-state index in [0.717, 1.165) is 77.7 Å². The van der Waals surface area contributed by atoms with Crippen LogP contribution in [-0.4, -0.2) is 19.1 Å². The molecule has 0 saturated carbocycles. The first-order valence-electron chi connectivity index (χ1n) is 16.4. The summed E-state index contributed by atoms with van der Waals surface area (Å²) in [5.41, 5.74) is 9.05. The van der Waals surface area contributed by atoms with Crippen molar-refractivity contribution in [1.82, 2.24) is 19.1 Å². The van der Waals surface area contributed by atoms with Crippen molar-refractivity contribution in [2.45, 2.75) is 19.3 Å². The molecule has 0 saturated heterocycles. The number of nitrogens with zero attached hydrogens (tertiary/aromatic N) is 4. The van der Waals surface area contributed by atoms with E-state index in [9.17, 15) is 0 Å². The third kappa shape index (κ3) is 3.67. The van der Waals surface area contributed by atoms with Crippen molar-refractivity contribution in [3.63, 3.8) is 0 Å². The third-order valence-corrected chi connectivity index (χ3v) is 9.93. The summed E-state index contributed by atoms with van der Waals surface area (Å²) in [4.78, 5) is 10.6. The molecule has 6 aromatic carbocycles. The van der Waals surface area contributed by atoms with E-state index in [1.54, 1.807) is 0 Å². The minimum atomic E-state index is -0.345. The second kappa shape index (κ2) is 9.90. The van der Waals surface area contributed by atoms with Crippen LogP contribution in [0.4, 0.5) is 0 Å². The smallest absolute Gasteiger partial charge is 0.235 e. The van der Waals surface area contributed by atoms with E-state index in [4.69, 9.17) is 14.7 Å². The van der Waals surface area contributed by atoms with Gasteiger partial charge in [-0.15, -0.1) is 0 Å². The summed E-state index contributed by atoms with van der Waals surface area (Å²) in [5, 5.41) is 4.36. The minimum Gasteiger partial charge on any atom is -0.454 e. The van der Waals surface area contributed by atoms with Gasteiger partial charge in [0, 0.05) is 43.8 Å². The van der Waals surface area contributed by atoms with Gasteiger partial charge in [0.25, 0.3) is 0 Å². The highest BCUT2D eigenvalue weighted by Gasteiger charge is 2.40. The first-order chi connectivity index (χ1) is 23.6. The van der Waals surface area contributed by atoms with Gasteiger partial charge >= 0.3 is 0 Å². The number of aromatic nitrogens is 4. The lowest BCUT2D eigenvalue weighted by Crippen LogP contribution is -2.27. The maximum Gasteiger partial charge on any atom is 0.235 e. The second-order valence-corrected chi connectivity index (χ2v) is 13.0. The number of para-hydroxylation sites is 4. The fourth-order valence-electron chi connectivity index (χ4n) is 7.79. The number of fused-ring (bicyclic) bond motifs is 9. The molecule has 48 heavy (non-hydrogen) atoms. The van der Waals surface area contributed by atoms with Crippen LogP contribution in [-0.2, 0) is 5.41 Å². The van der Waals surface area contributed by atoms with E-state index in [1.807, 2.05) is 18.2 Å². The molecule has 4 heterocycles. The van der Waals surface area contributed by atoms with Crippen LogP contribution >= 0.6 is 0 Å². The van der Waals surface area contributed by atoms with Crippen molar-refractivity contribution >= 4 is 43.6 Å². The molecule has 0 radical (unpaired) electrons. The summed E-state index contributed by atoms with van der Waals surface area (Å²) in [6, 6.07) is 50.8. The SMILES string of the molecule is CC1(C)c2ccccc2Oc2c1n(-c1ccccc1)c1c2ccc2c3ccccc3n(-c3nc(-c4ccccc4)c4ccccc4n3)c21. The van der Waals surface area contributed by atoms with Gasteiger partial charge in [0.1, 0.15) is 5.75 Å². The average molecular weight is 619 g/mol. The lowest BCUT2D eigenvalue weighted by atomic mass is 9.79. The highest BCUT2D eigenvalue weighted by molar-refractivity contribution is 6.19. The summed E-state index contributed by atoms with van der Waals surface area (Å²) in [6.07, 6.45) is 0. The van der Waals surface area contributed by atoms with Crippen LogP contribution < -0.4 is 4.74 Å². The van der Waals surface area contributed by atoms with Crippen LogP contribution in [0.25, 0.3) is 66.5 Å². The molecular formula is C43H30N4O. The average Bonchev–Trinajstić information content (AvgIpc) is 3.66. The zero-order valence-corrected chi connectivity index (χ0v) is 26.6. The Morgan fingerprint density at radius 1 is 0.542 bits per heavy atom. The fourth-order valence-corrected chi connectivity index (χ4v) is 7.79. The van der Waals surface area contributed by atoms with E-state index in [1.165, 1.54) is 5.56 Å². The van der Waals surface area contributed by atoms with Crippen molar-refractivity contribution in [2.75, 3.05) is 0 Å². The molecule has 0 aliphatic carbocycles. The van der Waals surface area contributed by atoms with Crippen molar-refractivity contribution in [3.05, 3.63) is 157 Å². The van der Waals surface area contributed by atoms with Crippen LogP contribution in [0.3, 0.4) is 0 Å². The van der Waals surface area contributed by atoms with Crippen molar-refractivity contribution in [3.8, 4) is 34.4 Å². The molecule has 0 fully saturated rings. The lowest BCUT2D eigenvalue weighted by molar-refractivity contribution is 0.414. The predicted octanol–water partition coefficient (Wildman–Crippen LogP) is 10.8. The number of hydrogen-bond donors (Lipinski definition) is 0. The van der Waals surface area contributed by atoms with E-state index < -0.39 is 0 Å². The van der Waals surface area contributed by atoms with Gasteiger partial charge in [0.05, 0.1) is 33.5 Å². The van der Waals surface area contributed by atoms with Gasteiger partial charge in [-0.3, -0.25) is 4.57 Å². The van der Waals surface area contributed by atoms with Gasteiger partial charge in [-0.05, 0) is 50.2 Å². The van der Waals surface area contributed by atoms with Crippen molar-refractivity contribution < 1.29 is 4.74 Å². The molecule has 5 nitrogen and oxygen atoms in total. The van der Waals surface area contributed by atoms with Crippen LogP contribution in [0.2, 0.25) is 0 Å². The molecule has 0 spiro atoms. The van der Waals surface area contributed by atoms with Gasteiger partial charge in [-0.25, -0.2) is 9.97 Å². The van der Waals surface area contributed by atoms with Crippen molar-refractivity contribution in [2.24, 2.45) is 0 Å². The monoisotopic (exact) mass is 618 g/mol. The zero-order valence-electron chi connectivity index (χ0n) is 26.6. The Balaban J connectivity index is 1.41. The summed E-state index contributed by atoms with van der Waals surface area (Å²) in [7, 11) is 0. The molecule has 0 bridgehead atoms. The molecule has 3 aromatic heterocycles. The summed E-state index contributed by atoms with van der Waals surface area (Å²) >= 11 is 0. The van der Waals surface area contributed by atoms with Crippen molar-refractivity contribution in [1.29, 1.82) is 0 Å². The van der Waals surface area contributed by atoms with E-state index in [2.05, 4.69) is 150 Å². The molecule has 10 rings (SSSR count). The van der Waals surface area contributed by atoms with Crippen LogP contribution in [0.15, 0.2) is 146 Å². The lowest BCUT2D eigenvalue weighted by Gasteiger charge is -2.34. The van der Waals surface area contributed by atoms with E-state index >= 15 is 0 Å². The van der Waals surface area contributed by atoms with Gasteiger partial charge < -0.3 is 9.30 Å². The first-order valence-corrected chi connectivity index (χ1v) is 16.4. The van der Waals surface area contributed by atoms with Crippen LogP contribution in [0.5, 0.6) is 11.5 Å². The number of ether oxygens (including phenoxy) is 1. The molecule has 1 aliphatic rings. The molecular weight excluding hydrogens is 589 g/mol. The largest absolute Gasteiger partial charge is 0.454 e. The quantitative estimate of drug-likeness (QED) is 0.198. The number of rotatable bonds is 3. The molecule has 0 N–H and O–H groups in total. The van der Waals surface area contributed by atoms with Gasteiger partial charge in [0.2, 0.25) is 5.95 Å². The molecule has 5 heteroatoms. The summed E-state index contributed by atoms with van der Waals surface area (Å²) in [6.45, 7) is 4.60. The third-order valence-electron chi connectivity index (χ3n) is 9.93. The molecule has 0 unspecified atom stereocenters. The first kappa shape index (κ1) is 27.0. The maximum atomic E-state index is 6.87. The second-order valence-electron chi connectivity index (χ2n) is 13.0. The molecule has 1 aliphatic heterocycles. The molecule has 228 valence electrons. The Morgan fingerprint density at radius 2 is 1.19 bits per heavy atom. The Kier molecular flexibility index (Phi) is 5.56. The normalized spacial score (nSPS) is 13.5. The Labute approximate surface area is 277 Å². The standard InChI is InChI=1S/C43H30N4O/c1-43(2)33-21-11-14-24-36(33)48-40-32-26-25-30-29-19-10-13-23-35(29)47(38(30)39(32)46(41(40)43)28-17-7-4-8-18-28)42-44-34-22-12-9-20-31(34)37(45-42)27-15-5-3-6-16-27/h3-26H,1-2H3. The Morgan fingerprint density at radius 3 is 2.02 bits per heavy atom. The highest BCUT2D eigenvalue weighted by atomic mass is 16.5.